The first-order valence-electron chi connectivity index (χ1n) is 9.36. The Morgan fingerprint density at radius 3 is 2.81 bits per heavy atom. The molecule has 0 amide bonds. The second kappa shape index (κ2) is 9.25. The number of hydrogen-bond acceptors (Lipinski definition) is 5. The van der Waals surface area contributed by atoms with Crippen molar-refractivity contribution in [2.24, 2.45) is 4.99 Å². The zero-order valence-electron chi connectivity index (χ0n) is 16.2. The lowest BCUT2D eigenvalue weighted by atomic mass is 10.2. The van der Waals surface area contributed by atoms with Crippen LogP contribution < -0.4 is 20.1 Å². The zero-order chi connectivity index (χ0) is 19.1. The van der Waals surface area contributed by atoms with E-state index in [9.17, 15) is 0 Å². The van der Waals surface area contributed by atoms with Crippen molar-refractivity contribution in [1.82, 2.24) is 25.4 Å². The Hall–Kier alpha value is -2.77. The van der Waals surface area contributed by atoms with Gasteiger partial charge in [-0.25, -0.2) is 0 Å². The number of rotatable bonds is 7. The number of nitrogens with zero attached hydrogens (tertiary/aromatic N) is 4. The average molecular weight is 372 g/mol. The van der Waals surface area contributed by atoms with Crippen molar-refractivity contribution >= 4 is 5.96 Å². The maximum atomic E-state index is 5.96. The van der Waals surface area contributed by atoms with Crippen molar-refractivity contribution in [2.75, 3.05) is 20.7 Å². The van der Waals surface area contributed by atoms with Crippen LogP contribution in [0.1, 0.15) is 31.4 Å². The van der Waals surface area contributed by atoms with E-state index in [-0.39, 0.29) is 6.10 Å². The first kappa shape index (κ1) is 19.0. The predicted molar refractivity (Wildman–Crippen MR) is 104 cm³/mol. The molecule has 1 unspecified atom stereocenters. The van der Waals surface area contributed by atoms with Gasteiger partial charge in [-0.1, -0.05) is 12.1 Å². The van der Waals surface area contributed by atoms with E-state index in [0.717, 1.165) is 36.1 Å². The molecule has 8 nitrogen and oxygen atoms in total. The van der Waals surface area contributed by atoms with Gasteiger partial charge in [0.1, 0.15) is 11.9 Å². The number of hydrogen-bond donors (Lipinski definition) is 2. The molecule has 0 bridgehead atoms. The van der Waals surface area contributed by atoms with Crippen molar-refractivity contribution in [3.8, 4) is 11.5 Å². The van der Waals surface area contributed by atoms with E-state index in [4.69, 9.17) is 9.47 Å². The third kappa shape index (κ3) is 4.90. The highest BCUT2D eigenvalue weighted by Gasteiger charge is 2.16. The second-order valence-electron chi connectivity index (χ2n) is 6.53. The van der Waals surface area contributed by atoms with Crippen LogP contribution in [0.2, 0.25) is 0 Å². The molecule has 27 heavy (non-hydrogen) atoms. The second-order valence-corrected chi connectivity index (χ2v) is 6.53. The lowest BCUT2D eigenvalue weighted by Gasteiger charge is -2.19. The minimum atomic E-state index is -0.0549. The van der Waals surface area contributed by atoms with E-state index in [2.05, 4.69) is 30.4 Å². The third-order valence-electron chi connectivity index (χ3n) is 4.53. The Labute approximate surface area is 160 Å². The molecule has 2 heterocycles. The number of guanidine groups is 1. The summed E-state index contributed by atoms with van der Waals surface area (Å²) in [7, 11) is 3.39. The summed E-state index contributed by atoms with van der Waals surface area (Å²) < 4.78 is 13.5. The fraction of sp³-hybridized carbons (Fsp3) is 0.526. The number of aliphatic imine (C=N–C) groups is 1. The van der Waals surface area contributed by atoms with Crippen LogP contribution in [-0.2, 0) is 19.5 Å². The highest BCUT2D eigenvalue weighted by Crippen LogP contribution is 2.26. The lowest BCUT2D eigenvalue weighted by molar-refractivity contribution is 0.213. The van der Waals surface area contributed by atoms with Crippen molar-refractivity contribution in [1.29, 1.82) is 0 Å². The van der Waals surface area contributed by atoms with Gasteiger partial charge in [-0.15, -0.1) is 10.2 Å². The third-order valence-corrected chi connectivity index (χ3v) is 4.53. The van der Waals surface area contributed by atoms with Gasteiger partial charge >= 0.3 is 0 Å². The Morgan fingerprint density at radius 1 is 1.22 bits per heavy atom. The van der Waals surface area contributed by atoms with Gasteiger partial charge in [-0.05, 0) is 31.9 Å². The van der Waals surface area contributed by atoms with Crippen LogP contribution in [0.5, 0.6) is 11.5 Å². The van der Waals surface area contributed by atoms with Crippen molar-refractivity contribution in [2.45, 2.75) is 45.4 Å². The molecule has 146 valence electrons. The van der Waals surface area contributed by atoms with Gasteiger partial charge in [0.2, 0.25) is 0 Å². The number of aryl methyl sites for hydroxylation is 1. The molecule has 0 aliphatic carbocycles. The summed E-state index contributed by atoms with van der Waals surface area (Å²) in [5.41, 5.74) is 0. The maximum Gasteiger partial charge on any atom is 0.191 e. The van der Waals surface area contributed by atoms with Crippen LogP contribution in [0.25, 0.3) is 0 Å². The summed E-state index contributed by atoms with van der Waals surface area (Å²) in [5.74, 6) is 4.19. The SMILES string of the molecule is CN=C(NCc1nnc2n1CCCC2)NCC(C)Oc1ccccc1OC. The molecule has 0 saturated carbocycles. The normalized spacial score (nSPS) is 15.0. The molecule has 1 aromatic heterocycles. The van der Waals surface area contributed by atoms with E-state index in [1.165, 1.54) is 12.8 Å². The molecular weight excluding hydrogens is 344 g/mol. The summed E-state index contributed by atoms with van der Waals surface area (Å²) in [6.45, 7) is 4.20. The molecule has 0 radical (unpaired) electrons. The first-order chi connectivity index (χ1) is 13.2. The van der Waals surface area contributed by atoms with E-state index < -0.39 is 0 Å². The number of methoxy groups -OCH3 is 1. The van der Waals surface area contributed by atoms with Crippen LogP contribution >= 0.6 is 0 Å². The summed E-state index contributed by atoms with van der Waals surface area (Å²) in [5, 5.41) is 15.2. The quantitative estimate of drug-likeness (QED) is 0.569. The van der Waals surface area contributed by atoms with Crippen molar-refractivity contribution in [3.63, 3.8) is 0 Å². The molecule has 0 spiro atoms. The summed E-state index contributed by atoms with van der Waals surface area (Å²) in [4.78, 5) is 4.27. The number of aromatic nitrogens is 3. The van der Waals surface area contributed by atoms with Crippen molar-refractivity contribution < 1.29 is 9.47 Å². The van der Waals surface area contributed by atoms with Gasteiger partial charge in [0.05, 0.1) is 20.2 Å². The van der Waals surface area contributed by atoms with Gasteiger partial charge in [-0.2, -0.15) is 0 Å². The van der Waals surface area contributed by atoms with E-state index in [0.29, 0.717) is 19.0 Å². The smallest absolute Gasteiger partial charge is 0.191 e. The minimum Gasteiger partial charge on any atom is -0.493 e. The van der Waals surface area contributed by atoms with Gasteiger partial charge in [-0.3, -0.25) is 4.99 Å². The number of benzene rings is 1. The number of fused-ring (bicyclic) bond motifs is 1. The lowest BCUT2D eigenvalue weighted by Crippen LogP contribution is -2.41. The number of para-hydroxylation sites is 2. The van der Waals surface area contributed by atoms with Gasteiger partial charge in [0.15, 0.2) is 23.3 Å². The molecule has 1 aliphatic heterocycles. The largest absolute Gasteiger partial charge is 0.493 e. The van der Waals surface area contributed by atoms with Gasteiger partial charge in [0.25, 0.3) is 0 Å². The molecule has 1 aromatic carbocycles. The number of ether oxygens (including phenoxy) is 2. The summed E-state index contributed by atoms with van der Waals surface area (Å²) >= 11 is 0. The highest BCUT2D eigenvalue weighted by molar-refractivity contribution is 5.79. The first-order valence-corrected chi connectivity index (χ1v) is 9.36. The summed E-state index contributed by atoms with van der Waals surface area (Å²) in [6, 6.07) is 7.63. The molecule has 1 atom stereocenters. The van der Waals surface area contributed by atoms with Gasteiger partial charge in [0, 0.05) is 20.0 Å². The van der Waals surface area contributed by atoms with E-state index in [1.54, 1.807) is 14.2 Å². The standard InChI is InChI=1S/C19H28N6O2/c1-14(27-16-9-5-4-8-15(16)26-3)12-21-19(20-2)22-13-18-24-23-17-10-6-7-11-25(17)18/h4-5,8-9,14H,6-7,10-13H2,1-3H3,(H2,20,21,22). The molecule has 3 rings (SSSR count). The van der Waals surface area contributed by atoms with Crippen LogP contribution in [-0.4, -0.2) is 47.5 Å². The Balaban J connectivity index is 1.48. The maximum absolute atomic E-state index is 5.96. The fourth-order valence-corrected chi connectivity index (χ4v) is 3.10. The molecule has 2 aromatic rings. The van der Waals surface area contributed by atoms with Crippen LogP contribution in [0.3, 0.4) is 0 Å². The molecule has 1 aliphatic rings. The van der Waals surface area contributed by atoms with Gasteiger partial charge < -0.3 is 24.7 Å². The fourth-order valence-electron chi connectivity index (χ4n) is 3.10. The Morgan fingerprint density at radius 2 is 2.04 bits per heavy atom. The van der Waals surface area contributed by atoms with E-state index >= 15 is 0 Å². The highest BCUT2D eigenvalue weighted by atomic mass is 16.5. The van der Waals surface area contributed by atoms with Crippen LogP contribution in [0.15, 0.2) is 29.3 Å². The summed E-state index contributed by atoms with van der Waals surface area (Å²) in [6.07, 6.45) is 3.33. The minimum absolute atomic E-state index is 0.0549. The monoisotopic (exact) mass is 372 g/mol. The predicted octanol–water partition coefficient (Wildman–Crippen LogP) is 1.76. The molecule has 0 saturated heterocycles. The van der Waals surface area contributed by atoms with Crippen LogP contribution in [0.4, 0.5) is 0 Å². The van der Waals surface area contributed by atoms with Crippen LogP contribution in [0, 0.1) is 0 Å². The molecule has 2 N–H and O–H groups in total. The average Bonchev–Trinajstić information content (AvgIpc) is 3.12. The Kier molecular flexibility index (Phi) is 6.51. The Bertz CT molecular complexity index is 773. The zero-order valence-corrected chi connectivity index (χ0v) is 16.2. The topological polar surface area (TPSA) is 85.6 Å². The molecule has 8 heteroatoms. The van der Waals surface area contributed by atoms with Crippen molar-refractivity contribution in [3.05, 3.63) is 35.9 Å². The molecular formula is C19H28N6O2. The number of nitrogens with one attached hydrogen (secondary N) is 2. The molecule has 0 fully saturated rings. The van der Waals surface area contributed by atoms with E-state index in [1.807, 2.05) is 31.2 Å².